The van der Waals surface area contributed by atoms with E-state index in [1.165, 1.54) is 22.5 Å². The molecule has 2 aliphatic rings. The second-order valence-electron chi connectivity index (χ2n) is 7.29. The van der Waals surface area contributed by atoms with Crippen molar-refractivity contribution in [3.05, 3.63) is 47.5 Å². The van der Waals surface area contributed by atoms with E-state index < -0.39 is 15.9 Å². The molecule has 148 valence electrons. The first kappa shape index (κ1) is 18.9. The molecule has 2 heterocycles. The van der Waals surface area contributed by atoms with Gasteiger partial charge < -0.3 is 14.8 Å². The van der Waals surface area contributed by atoms with Crippen molar-refractivity contribution < 1.29 is 22.7 Å². The van der Waals surface area contributed by atoms with E-state index in [1.54, 1.807) is 6.07 Å². The van der Waals surface area contributed by atoms with Gasteiger partial charge in [0.05, 0.1) is 28.4 Å². The number of nitrogens with zero attached hydrogens (tertiary/aromatic N) is 1. The fourth-order valence-corrected chi connectivity index (χ4v) is 5.17. The molecule has 0 aromatic heterocycles. The van der Waals surface area contributed by atoms with E-state index in [-0.39, 0.29) is 35.8 Å². The number of morpholine rings is 1. The highest BCUT2D eigenvalue weighted by molar-refractivity contribution is 7.89. The van der Waals surface area contributed by atoms with Gasteiger partial charge in [-0.2, -0.15) is 4.31 Å². The Bertz CT molecular complexity index is 1040. The number of nitrogens with one attached hydrogen (secondary N) is 1. The molecule has 7 nitrogen and oxygen atoms in total. The van der Waals surface area contributed by atoms with Crippen LogP contribution in [0.3, 0.4) is 0 Å². The van der Waals surface area contributed by atoms with E-state index >= 15 is 0 Å². The molecule has 0 aliphatic carbocycles. The number of amides is 1. The summed E-state index contributed by atoms with van der Waals surface area (Å²) in [6.07, 6.45) is -0.382. The molecule has 1 fully saturated rings. The Morgan fingerprint density at radius 2 is 1.71 bits per heavy atom. The Labute approximate surface area is 164 Å². The molecule has 2 aromatic carbocycles. The maximum Gasteiger partial charge on any atom is 0.259 e. The molecule has 0 spiro atoms. The molecule has 2 aromatic rings. The van der Waals surface area contributed by atoms with Crippen LogP contribution in [0.4, 0.5) is 5.69 Å². The quantitative estimate of drug-likeness (QED) is 0.834. The van der Waals surface area contributed by atoms with E-state index in [0.717, 1.165) is 5.56 Å². The lowest BCUT2D eigenvalue weighted by Crippen LogP contribution is -2.48. The predicted molar refractivity (Wildman–Crippen MR) is 104 cm³/mol. The van der Waals surface area contributed by atoms with Crippen molar-refractivity contribution in [3.8, 4) is 11.5 Å². The van der Waals surface area contributed by atoms with Crippen LogP contribution in [0.15, 0.2) is 41.3 Å². The first-order chi connectivity index (χ1) is 13.2. The van der Waals surface area contributed by atoms with Crippen LogP contribution in [0.2, 0.25) is 0 Å². The number of carbonyl (C=O) groups is 1. The van der Waals surface area contributed by atoms with Crippen molar-refractivity contribution in [3.63, 3.8) is 0 Å². The molecule has 4 rings (SSSR count). The van der Waals surface area contributed by atoms with Gasteiger partial charge in [-0.3, -0.25) is 4.79 Å². The predicted octanol–water partition coefficient (Wildman–Crippen LogP) is 3.15. The topological polar surface area (TPSA) is 84.9 Å². The fourth-order valence-electron chi connectivity index (χ4n) is 3.55. The van der Waals surface area contributed by atoms with Crippen molar-refractivity contribution >= 4 is 21.6 Å². The number of sulfonamides is 1. The number of rotatable bonds is 2. The zero-order valence-electron chi connectivity index (χ0n) is 15.9. The summed E-state index contributed by atoms with van der Waals surface area (Å²) >= 11 is 0. The fraction of sp³-hybridized carbons (Fsp3) is 0.350. The van der Waals surface area contributed by atoms with Crippen molar-refractivity contribution in [2.75, 3.05) is 18.4 Å². The van der Waals surface area contributed by atoms with E-state index in [2.05, 4.69) is 5.32 Å². The average molecular weight is 402 g/mol. The summed E-state index contributed by atoms with van der Waals surface area (Å²) in [5.74, 6) is 0.437. The Hall–Kier alpha value is -2.42. The summed E-state index contributed by atoms with van der Waals surface area (Å²) < 4.78 is 39.1. The Kier molecular flexibility index (Phi) is 4.65. The summed E-state index contributed by atoms with van der Waals surface area (Å²) in [6, 6.07) is 9.86. The van der Waals surface area contributed by atoms with E-state index in [4.69, 9.17) is 9.47 Å². The number of aryl methyl sites for hydroxylation is 1. The number of hydrogen-bond acceptors (Lipinski definition) is 5. The van der Waals surface area contributed by atoms with Crippen LogP contribution in [0.25, 0.3) is 0 Å². The van der Waals surface area contributed by atoms with Crippen LogP contribution in [0.5, 0.6) is 11.5 Å². The third-order valence-electron chi connectivity index (χ3n) is 4.82. The normalized spacial score (nSPS) is 22.5. The van der Waals surface area contributed by atoms with Gasteiger partial charge in [0.15, 0.2) is 5.75 Å². The van der Waals surface area contributed by atoms with Gasteiger partial charge in [0.2, 0.25) is 10.0 Å². The van der Waals surface area contributed by atoms with Crippen LogP contribution in [0, 0.1) is 6.92 Å². The van der Waals surface area contributed by atoms with E-state index in [0.29, 0.717) is 17.2 Å². The lowest BCUT2D eigenvalue weighted by atomic mass is 10.2. The van der Waals surface area contributed by atoms with Gasteiger partial charge in [-0.1, -0.05) is 6.07 Å². The maximum absolute atomic E-state index is 13.1. The van der Waals surface area contributed by atoms with Crippen molar-refractivity contribution in [2.24, 2.45) is 0 Å². The molecular formula is C20H22N2O5S. The largest absolute Gasteiger partial charge is 0.454 e. The van der Waals surface area contributed by atoms with Gasteiger partial charge in [0, 0.05) is 13.1 Å². The minimum atomic E-state index is -3.75. The summed E-state index contributed by atoms with van der Waals surface area (Å²) in [5, 5.41) is 2.80. The summed E-state index contributed by atoms with van der Waals surface area (Å²) in [4.78, 5) is 12.8. The molecule has 1 amide bonds. The second-order valence-corrected chi connectivity index (χ2v) is 9.23. The van der Waals surface area contributed by atoms with Gasteiger partial charge in [0.1, 0.15) is 5.75 Å². The highest BCUT2D eigenvalue weighted by atomic mass is 32.2. The van der Waals surface area contributed by atoms with Crippen molar-refractivity contribution in [1.82, 2.24) is 4.31 Å². The molecule has 1 N–H and O–H groups in total. The van der Waals surface area contributed by atoms with Gasteiger partial charge in [-0.05, 0) is 56.7 Å². The molecule has 2 atom stereocenters. The van der Waals surface area contributed by atoms with Crippen LogP contribution >= 0.6 is 0 Å². The van der Waals surface area contributed by atoms with Gasteiger partial charge in [0.25, 0.3) is 5.91 Å². The van der Waals surface area contributed by atoms with Crippen LogP contribution < -0.4 is 10.1 Å². The zero-order chi connectivity index (χ0) is 20.1. The number of carbonyl (C=O) groups excluding carboxylic acids is 1. The highest BCUT2D eigenvalue weighted by Crippen LogP contribution is 2.37. The molecule has 28 heavy (non-hydrogen) atoms. The number of fused-ring (bicyclic) bond motifs is 2. The lowest BCUT2D eigenvalue weighted by Gasteiger charge is -2.34. The Morgan fingerprint density at radius 3 is 2.43 bits per heavy atom. The Balaban J connectivity index is 1.71. The molecule has 0 radical (unpaired) electrons. The zero-order valence-corrected chi connectivity index (χ0v) is 16.7. The molecule has 0 unspecified atom stereocenters. The maximum atomic E-state index is 13.1. The van der Waals surface area contributed by atoms with Gasteiger partial charge >= 0.3 is 0 Å². The molecule has 8 heteroatoms. The molecule has 1 saturated heterocycles. The van der Waals surface area contributed by atoms with Gasteiger partial charge in [-0.15, -0.1) is 0 Å². The minimum Gasteiger partial charge on any atom is -0.454 e. The van der Waals surface area contributed by atoms with Gasteiger partial charge in [-0.25, -0.2) is 8.42 Å². The summed E-state index contributed by atoms with van der Waals surface area (Å²) in [6.45, 7) is 6.15. The number of anilines is 1. The van der Waals surface area contributed by atoms with E-state index in [9.17, 15) is 13.2 Å². The van der Waals surface area contributed by atoms with Crippen LogP contribution in [-0.2, 0) is 14.8 Å². The van der Waals surface area contributed by atoms with E-state index in [1.807, 2.05) is 32.9 Å². The van der Waals surface area contributed by atoms with Crippen LogP contribution in [0.1, 0.15) is 29.8 Å². The SMILES string of the molecule is Cc1ccc2c(c1)NC(=O)c1cc(S(=O)(=O)N3C[C@@H](C)O[C@H](C)C3)ccc1O2. The highest BCUT2D eigenvalue weighted by Gasteiger charge is 2.33. The number of benzene rings is 2. The van der Waals surface area contributed by atoms with Crippen molar-refractivity contribution in [2.45, 2.75) is 37.9 Å². The lowest BCUT2D eigenvalue weighted by molar-refractivity contribution is -0.0440. The number of hydrogen-bond donors (Lipinski definition) is 1. The second kappa shape index (κ2) is 6.88. The summed E-state index contributed by atoms with van der Waals surface area (Å²) in [5.41, 5.74) is 1.72. The molecule has 0 saturated carbocycles. The average Bonchev–Trinajstić information content (AvgIpc) is 2.76. The van der Waals surface area contributed by atoms with Crippen LogP contribution in [-0.4, -0.2) is 43.9 Å². The summed E-state index contributed by atoms with van der Waals surface area (Å²) in [7, 11) is -3.75. The first-order valence-corrected chi connectivity index (χ1v) is 10.6. The molecular weight excluding hydrogens is 380 g/mol. The molecule has 0 bridgehead atoms. The standard InChI is InChI=1S/C20H22N2O5S/c1-12-4-6-19-17(8-12)21-20(23)16-9-15(5-7-18(16)27-19)28(24,25)22-10-13(2)26-14(3)11-22/h4-9,13-14H,10-11H2,1-3H3,(H,21,23)/t13-,14-/m1/s1. The first-order valence-electron chi connectivity index (χ1n) is 9.13. The smallest absolute Gasteiger partial charge is 0.259 e. The third kappa shape index (κ3) is 3.39. The Morgan fingerprint density at radius 1 is 1.04 bits per heavy atom. The van der Waals surface area contributed by atoms with Crippen molar-refractivity contribution in [1.29, 1.82) is 0 Å². The number of ether oxygens (including phenoxy) is 2. The minimum absolute atomic E-state index is 0.0634. The monoisotopic (exact) mass is 402 g/mol. The molecule has 2 aliphatic heterocycles. The third-order valence-corrected chi connectivity index (χ3v) is 6.65.